The number of carbonyl (C=O) groups is 3. The summed E-state index contributed by atoms with van der Waals surface area (Å²) in [6.45, 7) is 1.57. The van der Waals surface area contributed by atoms with Gasteiger partial charge in [0.2, 0.25) is 11.8 Å². The third-order valence-electron chi connectivity index (χ3n) is 3.37. The number of piperazine rings is 1. The van der Waals surface area contributed by atoms with Crippen LogP contribution >= 0.6 is 0 Å². The van der Waals surface area contributed by atoms with E-state index in [1.807, 2.05) is 12.1 Å². The molecule has 100 valence electrons. The maximum atomic E-state index is 11.8. The molecule has 19 heavy (non-hydrogen) atoms. The molecule has 2 rings (SSSR count). The predicted octanol–water partition coefficient (Wildman–Crippen LogP) is 0.388. The second-order valence-corrected chi connectivity index (χ2v) is 4.70. The van der Waals surface area contributed by atoms with Gasteiger partial charge in [0.05, 0.1) is 6.54 Å². The van der Waals surface area contributed by atoms with Crippen LogP contribution in [0.15, 0.2) is 24.3 Å². The fourth-order valence-electron chi connectivity index (χ4n) is 2.08. The number of hydrogen-bond donors (Lipinski definition) is 1. The number of ketones is 1. The normalized spacial score (nSPS) is 19.3. The molecule has 1 aliphatic rings. The number of amides is 2. The van der Waals surface area contributed by atoms with Crippen LogP contribution in [-0.4, -0.2) is 42.1 Å². The van der Waals surface area contributed by atoms with Crippen LogP contribution in [0.25, 0.3) is 0 Å². The highest BCUT2D eigenvalue weighted by atomic mass is 16.2. The Morgan fingerprint density at radius 2 is 1.95 bits per heavy atom. The third kappa shape index (κ3) is 2.81. The van der Waals surface area contributed by atoms with Crippen molar-refractivity contribution in [3.05, 3.63) is 35.4 Å². The molecule has 1 atom stereocenters. The van der Waals surface area contributed by atoms with E-state index in [1.165, 1.54) is 11.8 Å². The standard InChI is InChI=1S/C14H16N2O3/c1-9(17)11-5-3-10(4-6-11)7-12-14(19)15-8-13(18)16(12)2/h3-6,12H,7-8H2,1-2H3,(H,15,19)/t12-/m0/s1. The highest BCUT2D eigenvalue weighted by Gasteiger charge is 2.31. The lowest BCUT2D eigenvalue weighted by molar-refractivity contribution is -0.143. The number of likely N-dealkylation sites (N-methyl/N-ethyl adjacent to an activating group) is 1. The van der Waals surface area contributed by atoms with Crippen LogP contribution in [-0.2, 0) is 16.0 Å². The monoisotopic (exact) mass is 260 g/mol. The van der Waals surface area contributed by atoms with Crippen molar-refractivity contribution in [2.45, 2.75) is 19.4 Å². The van der Waals surface area contributed by atoms with Crippen LogP contribution in [0.2, 0.25) is 0 Å². The van der Waals surface area contributed by atoms with E-state index >= 15 is 0 Å². The van der Waals surface area contributed by atoms with Crippen molar-refractivity contribution in [3.8, 4) is 0 Å². The van der Waals surface area contributed by atoms with Gasteiger partial charge in [-0.1, -0.05) is 24.3 Å². The van der Waals surface area contributed by atoms with Crippen molar-refractivity contribution >= 4 is 17.6 Å². The largest absolute Gasteiger partial charge is 0.345 e. The summed E-state index contributed by atoms with van der Waals surface area (Å²) in [4.78, 5) is 36.0. The molecule has 2 amide bonds. The molecule has 1 aliphatic heterocycles. The first-order chi connectivity index (χ1) is 8.99. The zero-order valence-corrected chi connectivity index (χ0v) is 11.0. The summed E-state index contributed by atoms with van der Waals surface area (Å²) in [5.41, 5.74) is 1.56. The van der Waals surface area contributed by atoms with Gasteiger partial charge in [0.15, 0.2) is 5.78 Å². The van der Waals surface area contributed by atoms with Gasteiger partial charge in [-0.3, -0.25) is 14.4 Å². The van der Waals surface area contributed by atoms with E-state index in [0.717, 1.165) is 5.56 Å². The molecule has 1 heterocycles. The number of carbonyl (C=O) groups excluding carboxylic acids is 3. The van der Waals surface area contributed by atoms with E-state index in [-0.39, 0.29) is 24.1 Å². The first kappa shape index (κ1) is 13.3. The molecule has 1 aromatic carbocycles. The fourth-order valence-corrected chi connectivity index (χ4v) is 2.08. The smallest absolute Gasteiger partial charge is 0.243 e. The van der Waals surface area contributed by atoms with Gasteiger partial charge < -0.3 is 10.2 Å². The van der Waals surface area contributed by atoms with Crippen LogP contribution < -0.4 is 5.32 Å². The molecule has 0 saturated carbocycles. The second-order valence-electron chi connectivity index (χ2n) is 4.70. The Kier molecular flexibility index (Phi) is 3.64. The number of rotatable bonds is 3. The maximum Gasteiger partial charge on any atom is 0.243 e. The molecule has 0 bridgehead atoms. The lowest BCUT2D eigenvalue weighted by atomic mass is 10.0. The summed E-state index contributed by atoms with van der Waals surface area (Å²) < 4.78 is 0. The van der Waals surface area contributed by atoms with E-state index in [1.54, 1.807) is 19.2 Å². The van der Waals surface area contributed by atoms with Crippen molar-refractivity contribution in [1.29, 1.82) is 0 Å². The Bertz CT molecular complexity index is 522. The van der Waals surface area contributed by atoms with Crippen LogP contribution in [0.5, 0.6) is 0 Å². The SMILES string of the molecule is CC(=O)c1ccc(C[C@H]2C(=O)NCC(=O)N2C)cc1. The van der Waals surface area contributed by atoms with Gasteiger partial charge in [-0.15, -0.1) is 0 Å². The molecule has 5 nitrogen and oxygen atoms in total. The topological polar surface area (TPSA) is 66.5 Å². The summed E-state index contributed by atoms with van der Waals surface area (Å²) >= 11 is 0. The zero-order valence-electron chi connectivity index (χ0n) is 11.0. The quantitative estimate of drug-likeness (QED) is 0.799. The number of nitrogens with one attached hydrogen (secondary N) is 1. The van der Waals surface area contributed by atoms with Crippen LogP contribution in [0, 0.1) is 0 Å². The highest BCUT2D eigenvalue weighted by Crippen LogP contribution is 2.12. The minimum absolute atomic E-state index is 0.00857. The lowest BCUT2D eigenvalue weighted by Crippen LogP contribution is -2.57. The summed E-state index contributed by atoms with van der Waals surface area (Å²) in [5, 5.41) is 2.58. The van der Waals surface area contributed by atoms with Crippen molar-refractivity contribution in [2.75, 3.05) is 13.6 Å². The third-order valence-corrected chi connectivity index (χ3v) is 3.37. The van der Waals surface area contributed by atoms with Gasteiger partial charge in [-0.2, -0.15) is 0 Å². The fraction of sp³-hybridized carbons (Fsp3) is 0.357. The molecule has 0 radical (unpaired) electrons. The van der Waals surface area contributed by atoms with Crippen LogP contribution in [0.1, 0.15) is 22.8 Å². The molecule has 0 unspecified atom stereocenters. The van der Waals surface area contributed by atoms with E-state index in [4.69, 9.17) is 0 Å². The summed E-state index contributed by atoms with van der Waals surface area (Å²) in [6.07, 6.45) is 0.451. The van der Waals surface area contributed by atoms with Crippen LogP contribution in [0.3, 0.4) is 0 Å². The highest BCUT2D eigenvalue weighted by molar-refractivity contribution is 5.95. The Morgan fingerprint density at radius 3 is 2.53 bits per heavy atom. The molecule has 0 spiro atoms. The van der Waals surface area contributed by atoms with E-state index in [2.05, 4.69) is 5.32 Å². The molecule has 0 aromatic heterocycles. The Labute approximate surface area is 111 Å². The van der Waals surface area contributed by atoms with Crippen molar-refractivity contribution in [1.82, 2.24) is 10.2 Å². The van der Waals surface area contributed by atoms with Gasteiger partial charge in [0, 0.05) is 19.0 Å². The minimum Gasteiger partial charge on any atom is -0.345 e. The second kappa shape index (κ2) is 5.22. The number of benzene rings is 1. The van der Waals surface area contributed by atoms with Crippen LogP contribution in [0.4, 0.5) is 0 Å². The number of hydrogen-bond acceptors (Lipinski definition) is 3. The molecular weight excluding hydrogens is 244 g/mol. The molecule has 1 aromatic rings. The summed E-state index contributed by atoms with van der Waals surface area (Å²) in [5.74, 6) is -0.225. The minimum atomic E-state index is -0.482. The zero-order chi connectivity index (χ0) is 14.0. The summed E-state index contributed by atoms with van der Waals surface area (Å²) in [6, 6.07) is 6.62. The molecule has 1 saturated heterocycles. The number of nitrogens with zero attached hydrogens (tertiary/aromatic N) is 1. The van der Waals surface area contributed by atoms with Crippen molar-refractivity contribution in [2.24, 2.45) is 0 Å². The summed E-state index contributed by atoms with van der Waals surface area (Å²) in [7, 11) is 1.63. The average Bonchev–Trinajstić information content (AvgIpc) is 2.40. The molecule has 1 fully saturated rings. The molecule has 1 N–H and O–H groups in total. The Balaban J connectivity index is 2.13. The maximum absolute atomic E-state index is 11.8. The first-order valence-corrected chi connectivity index (χ1v) is 6.12. The molecular formula is C14H16N2O3. The van der Waals surface area contributed by atoms with Gasteiger partial charge >= 0.3 is 0 Å². The molecule has 0 aliphatic carbocycles. The van der Waals surface area contributed by atoms with E-state index in [0.29, 0.717) is 12.0 Å². The van der Waals surface area contributed by atoms with Gasteiger partial charge in [-0.25, -0.2) is 0 Å². The Morgan fingerprint density at radius 1 is 1.32 bits per heavy atom. The van der Waals surface area contributed by atoms with Crippen molar-refractivity contribution in [3.63, 3.8) is 0 Å². The first-order valence-electron chi connectivity index (χ1n) is 6.12. The van der Waals surface area contributed by atoms with E-state index < -0.39 is 6.04 Å². The predicted molar refractivity (Wildman–Crippen MR) is 69.7 cm³/mol. The van der Waals surface area contributed by atoms with E-state index in [9.17, 15) is 14.4 Å². The van der Waals surface area contributed by atoms with Gasteiger partial charge in [0.25, 0.3) is 0 Å². The number of Topliss-reactive ketones (excluding diaryl/α,β-unsaturated/α-hetero) is 1. The average molecular weight is 260 g/mol. The van der Waals surface area contributed by atoms with Gasteiger partial charge in [0.1, 0.15) is 6.04 Å². The van der Waals surface area contributed by atoms with Gasteiger partial charge in [-0.05, 0) is 12.5 Å². The lowest BCUT2D eigenvalue weighted by Gasteiger charge is -2.31. The Hall–Kier alpha value is -2.17. The van der Waals surface area contributed by atoms with Crippen molar-refractivity contribution < 1.29 is 14.4 Å². The molecule has 5 heteroatoms.